The molecule has 1 saturated carbocycles. The summed E-state index contributed by atoms with van der Waals surface area (Å²) in [6.07, 6.45) is 2.27. The maximum Gasteiger partial charge on any atom is 0.315 e. The van der Waals surface area contributed by atoms with Crippen molar-refractivity contribution < 1.29 is 4.79 Å². The largest absolute Gasteiger partial charge is 0.334 e. The summed E-state index contributed by atoms with van der Waals surface area (Å²) in [4.78, 5) is 27.2. The lowest BCUT2D eigenvalue weighted by atomic mass is 10.0. The Labute approximate surface area is 147 Å². The number of hydrogen-bond donors (Lipinski definition) is 3. The zero-order valence-electron chi connectivity index (χ0n) is 15.0. The monoisotopic (exact) mass is 339 g/mol. The van der Waals surface area contributed by atoms with Gasteiger partial charge in [0, 0.05) is 11.3 Å². The molecule has 0 bridgehead atoms. The third-order valence-corrected chi connectivity index (χ3v) is 4.74. The van der Waals surface area contributed by atoms with E-state index in [9.17, 15) is 9.59 Å². The minimum Gasteiger partial charge on any atom is -0.334 e. The summed E-state index contributed by atoms with van der Waals surface area (Å²) in [5, 5.41) is 5.90. The smallest absolute Gasteiger partial charge is 0.315 e. The minimum absolute atomic E-state index is 0.0259. The van der Waals surface area contributed by atoms with Crippen molar-refractivity contribution in [3.05, 3.63) is 68.6 Å². The number of amides is 2. The summed E-state index contributed by atoms with van der Waals surface area (Å²) in [7, 11) is 0. The number of hydrogen-bond acceptors (Lipinski definition) is 2. The number of rotatable bonds is 5. The lowest BCUT2D eigenvalue weighted by molar-refractivity contribution is 0.235. The number of aromatic nitrogens is 1. The van der Waals surface area contributed by atoms with Crippen LogP contribution in [0.3, 0.4) is 0 Å². The second-order valence-corrected chi connectivity index (χ2v) is 7.00. The van der Waals surface area contributed by atoms with Crippen molar-refractivity contribution in [1.82, 2.24) is 15.6 Å². The number of pyridine rings is 1. The first-order valence-corrected chi connectivity index (χ1v) is 8.74. The molecule has 0 spiro atoms. The Bertz CT molecular complexity index is 820. The molecule has 132 valence electrons. The van der Waals surface area contributed by atoms with Gasteiger partial charge in [-0.05, 0) is 56.7 Å². The van der Waals surface area contributed by atoms with Crippen LogP contribution in [0.5, 0.6) is 0 Å². The summed E-state index contributed by atoms with van der Waals surface area (Å²) in [5.74, 6) is 0.498. The lowest BCUT2D eigenvalue weighted by Crippen LogP contribution is -2.39. The van der Waals surface area contributed by atoms with E-state index in [0.717, 1.165) is 29.7 Å². The average molecular weight is 339 g/mol. The van der Waals surface area contributed by atoms with Gasteiger partial charge in [-0.3, -0.25) is 4.79 Å². The van der Waals surface area contributed by atoms with E-state index >= 15 is 0 Å². The van der Waals surface area contributed by atoms with Gasteiger partial charge in [-0.25, -0.2) is 4.79 Å². The van der Waals surface area contributed by atoms with E-state index in [2.05, 4.69) is 46.8 Å². The molecule has 25 heavy (non-hydrogen) atoms. The Balaban J connectivity index is 1.65. The van der Waals surface area contributed by atoms with Crippen LogP contribution in [-0.2, 0) is 6.54 Å². The maximum absolute atomic E-state index is 12.4. The number of aryl methyl sites for hydroxylation is 3. The first-order chi connectivity index (χ1) is 11.9. The van der Waals surface area contributed by atoms with Crippen LogP contribution < -0.4 is 16.2 Å². The van der Waals surface area contributed by atoms with Crippen LogP contribution in [0, 0.1) is 26.7 Å². The van der Waals surface area contributed by atoms with Crippen LogP contribution in [0.15, 0.2) is 35.1 Å². The summed E-state index contributed by atoms with van der Waals surface area (Å²) in [6, 6.07) is 9.99. The van der Waals surface area contributed by atoms with Crippen LogP contribution >= 0.6 is 0 Å². The number of urea groups is 1. The second-order valence-electron chi connectivity index (χ2n) is 7.00. The van der Waals surface area contributed by atoms with Crippen molar-refractivity contribution in [1.29, 1.82) is 0 Å². The van der Waals surface area contributed by atoms with Crippen molar-refractivity contribution in [2.75, 3.05) is 0 Å². The molecule has 1 aliphatic rings. The SMILES string of the molecule is Cc1ccc(C(NC(=O)NCc2c(C)cc(C)[nH]c2=O)C2CC2)cc1. The average Bonchev–Trinajstić information content (AvgIpc) is 3.37. The van der Waals surface area contributed by atoms with Gasteiger partial charge in [-0.2, -0.15) is 0 Å². The fourth-order valence-electron chi connectivity index (χ4n) is 3.14. The molecule has 5 nitrogen and oxygen atoms in total. The van der Waals surface area contributed by atoms with Crippen LogP contribution in [-0.4, -0.2) is 11.0 Å². The number of carbonyl (C=O) groups excluding carboxylic acids is 1. The van der Waals surface area contributed by atoms with Gasteiger partial charge in [0.15, 0.2) is 0 Å². The Kier molecular flexibility index (Phi) is 4.93. The molecule has 1 fully saturated rings. The van der Waals surface area contributed by atoms with Crippen molar-refractivity contribution in [2.45, 2.75) is 46.2 Å². The maximum atomic E-state index is 12.4. The van der Waals surface area contributed by atoms with Crippen molar-refractivity contribution in [3.63, 3.8) is 0 Å². The van der Waals surface area contributed by atoms with Crippen molar-refractivity contribution >= 4 is 6.03 Å². The van der Waals surface area contributed by atoms with E-state index in [4.69, 9.17) is 0 Å². The first kappa shape index (κ1) is 17.3. The molecule has 0 saturated heterocycles. The topological polar surface area (TPSA) is 74.0 Å². The van der Waals surface area contributed by atoms with Gasteiger partial charge < -0.3 is 15.6 Å². The summed E-state index contributed by atoms with van der Waals surface area (Å²) < 4.78 is 0. The van der Waals surface area contributed by atoms with Gasteiger partial charge in [0.05, 0.1) is 12.6 Å². The number of H-pyrrole nitrogens is 1. The van der Waals surface area contributed by atoms with E-state index in [1.165, 1.54) is 5.56 Å². The zero-order chi connectivity index (χ0) is 18.0. The molecule has 1 heterocycles. The van der Waals surface area contributed by atoms with E-state index in [1.54, 1.807) is 0 Å². The minimum atomic E-state index is -0.239. The van der Waals surface area contributed by atoms with Crippen LogP contribution in [0.1, 0.15) is 46.8 Å². The van der Waals surface area contributed by atoms with Crippen LogP contribution in [0.25, 0.3) is 0 Å². The number of carbonyl (C=O) groups is 1. The van der Waals surface area contributed by atoms with Gasteiger partial charge in [-0.15, -0.1) is 0 Å². The molecule has 0 aliphatic heterocycles. The highest BCUT2D eigenvalue weighted by molar-refractivity contribution is 5.74. The standard InChI is InChI=1S/C20H25N3O2/c1-12-4-6-15(7-5-12)18(16-8-9-16)23-20(25)21-11-17-13(2)10-14(3)22-19(17)24/h4-7,10,16,18H,8-9,11H2,1-3H3,(H,22,24)(H2,21,23,25). The van der Waals surface area contributed by atoms with E-state index in [1.807, 2.05) is 19.9 Å². The number of benzene rings is 1. The Morgan fingerprint density at radius 3 is 2.48 bits per heavy atom. The Morgan fingerprint density at radius 1 is 1.20 bits per heavy atom. The third-order valence-electron chi connectivity index (χ3n) is 4.74. The fraction of sp³-hybridized carbons (Fsp3) is 0.400. The molecule has 1 aromatic heterocycles. The second kappa shape index (κ2) is 7.13. The fourth-order valence-corrected chi connectivity index (χ4v) is 3.14. The molecule has 1 atom stereocenters. The van der Waals surface area contributed by atoms with Gasteiger partial charge in [-0.1, -0.05) is 29.8 Å². The van der Waals surface area contributed by atoms with Crippen molar-refractivity contribution in [2.24, 2.45) is 5.92 Å². The van der Waals surface area contributed by atoms with E-state index in [0.29, 0.717) is 11.5 Å². The number of nitrogens with one attached hydrogen (secondary N) is 3. The summed E-state index contributed by atoms with van der Waals surface area (Å²) >= 11 is 0. The molecule has 0 radical (unpaired) electrons. The Hall–Kier alpha value is -2.56. The molecular formula is C20H25N3O2. The highest BCUT2D eigenvalue weighted by atomic mass is 16.2. The predicted molar refractivity (Wildman–Crippen MR) is 98.6 cm³/mol. The third kappa shape index (κ3) is 4.29. The number of aromatic amines is 1. The molecule has 2 aromatic rings. The molecule has 5 heteroatoms. The molecular weight excluding hydrogens is 314 g/mol. The van der Waals surface area contributed by atoms with Gasteiger partial charge in [0.2, 0.25) is 0 Å². The van der Waals surface area contributed by atoms with Crippen molar-refractivity contribution in [3.8, 4) is 0 Å². The highest BCUT2D eigenvalue weighted by Crippen LogP contribution is 2.40. The van der Waals surface area contributed by atoms with E-state index in [-0.39, 0.29) is 24.2 Å². The van der Waals surface area contributed by atoms with Gasteiger partial charge in [0.25, 0.3) is 5.56 Å². The first-order valence-electron chi connectivity index (χ1n) is 8.74. The normalized spacial score (nSPS) is 14.8. The van der Waals surface area contributed by atoms with Gasteiger partial charge in [0.1, 0.15) is 0 Å². The quantitative estimate of drug-likeness (QED) is 0.782. The molecule has 1 aliphatic carbocycles. The molecule has 1 unspecified atom stereocenters. The van der Waals surface area contributed by atoms with Crippen LogP contribution in [0.2, 0.25) is 0 Å². The molecule has 3 rings (SSSR count). The summed E-state index contributed by atoms with van der Waals surface area (Å²) in [5.41, 5.74) is 4.50. The van der Waals surface area contributed by atoms with E-state index < -0.39 is 0 Å². The predicted octanol–water partition coefficient (Wildman–Crippen LogP) is 3.25. The molecule has 1 aromatic carbocycles. The lowest BCUT2D eigenvalue weighted by Gasteiger charge is -2.19. The molecule has 2 amide bonds. The van der Waals surface area contributed by atoms with Gasteiger partial charge >= 0.3 is 6.03 Å². The highest BCUT2D eigenvalue weighted by Gasteiger charge is 2.33. The molecule has 3 N–H and O–H groups in total. The zero-order valence-corrected chi connectivity index (χ0v) is 15.0. The summed E-state index contributed by atoms with van der Waals surface area (Å²) in [6.45, 7) is 6.01. The Morgan fingerprint density at radius 2 is 1.88 bits per heavy atom. The van der Waals surface area contributed by atoms with Crippen LogP contribution in [0.4, 0.5) is 4.79 Å².